The molecule has 2 aromatic carbocycles. The highest BCUT2D eigenvalue weighted by Gasteiger charge is 2.32. The molecular weight excluding hydrogens is 427 g/mol. The summed E-state index contributed by atoms with van der Waals surface area (Å²) in [7, 11) is 0. The van der Waals surface area contributed by atoms with Crippen LogP contribution in [0.5, 0.6) is 0 Å². The first-order valence-corrected chi connectivity index (χ1v) is 10.9. The summed E-state index contributed by atoms with van der Waals surface area (Å²) in [6.07, 6.45) is 0. The van der Waals surface area contributed by atoms with Gasteiger partial charge in [-0.1, -0.05) is 0 Å². The summed E-state index contributed by atoms with van der Waals surface area (Å²) >= 11 is 1.46. The van der Waals surface area contributed by atoms with Crippen LogP contribution in [0.2, 0.25) is 0 Å². The Labute approximate surface area is 187 Å². The van der Waals surface area contributed by atoms with Crippen LogP contribution in [-0.2, 0) is 6.54 Å². The van der Waals surface area contributed by atoms with Gasteiger partial charge < -0.3 is 9.47 Å². The van der Waals surface area contributed by atoms with E-state index in [0.29, 0.717) is 41.6 Å². The first-order chi connectivity index (χ1) is 15.5. The maximum Gasteiger partial charge on any atom is 0.254 e. The van der Waals surface area contributed by atoms with Gasteiger partial charge in [0.1, 0.15) is 16.5 Å². The van der Waals surface area contributed by atoms with Crippen molar-refractivity contribution in [1.82, 2.24) is 24.6 Å². The highest BCUT2D eigenvalue weighted by Crippen LogP contribution is 2.32. The molecule has 0 bridgehead atoms. The number of benzene rings is 2. The zero-order valence-electron chi connectivity index (χ0n) is 17.1. The van der Waals surface area contributed by atoms with E-state index < -0.39 is 0 Å². The van der Waals surface area contributed by atoms with Gasteiger partial charge in [-0.25, -0.2) is 9.37 Å². The Morgan fingerprint density at radius 3 is 2.59 bits per heavy atom. The van der Waals surface area contributed by atoms with Gasteiger partial charge in [-0.2, -0.15) is 5.26 Å². The number of hydrogen-bond acceptors (Lipinski definition) is 6. The van der Waals surface area contributed by atoms with Crippen molar-refractivity contribution in [3.8, 4) is 28.2 Å². The van der Waals surface area contributed by atoms with Crippen LogP contribution in [0.1, 0.15) is 34.7 Å². The first kappa shape index (κ1) is 20.0. The van der Waals surface area contributed by atoms with Gasteiger partial charge in [-0.15, -0.1) is 21.5 Å². The Morgan fingerprint density at radius 1 is 1.12 bits per heavy atom. The van der Waals surface area contributed by atoms with E-state index in [2.05, 4.69) is 21.3 Å². The summed E-state index contributed by atoms with van der Waals surface area (Å²) < 4.78 is 15.2. The molecule has 2 aromatic heterocycles. The highest BCUT2D eigenvalue weighted by atomic mass is 32.1. The molecule has 1 aliphatic rings. The minimum Gasteiger partial charge on any atom is -0.327 e. The van der Waals surface area contributed by atoms with Crippen molar-refractivity contribution in [1.29, 1.82) is 5.26 Å². The molecule has 0 fully saturated rings. The first-order valence-electron chi connectivity index (χ1n) is 10.0. The molecule has 1 amide bonds. The van der Waals surface area contributed by atoms with Crippen molar-refractivity contribution in [2.75, 3.05) is 6.54 Å². The summed E-state index contributed by atoms with van der Waals surface area (Å²) in [4.78, 5) is 19.5. The van der Waals surface area contributed by atoms with Crippen LogP contribution in [0.4, 0.5) is 4.39 Å². The third-order valence-corrected chi connectivity index (χ3v) is 6.42. The second-order valence-electron chi connectivity index (χ2n) is 7.44. The van der Waals surface area contributed by atoms with E-state index in [4.69, 9.17) is 5.26 Å². The Hall–Kier alpha value is -3.90. The minimum absolute atomic E-state index is 0.106. The second kappa shape index (κ2) is 7.98. The Bertz CT molecular complexity index is 1340. The number of nitrogens with zero attached hydrogens (tertiary/aromatic N) is 6. The zero-order chi connectivity index (χ0) is 22.2. The number of fused-ring (bicyclic) bond motifs is 1. The number of aromatic nitrogens is 4. The molecule has 0 N–H and O–H groups in total. The van der Waals surface area contributed by atoms with E-state index in [9.17, 15) is 9.18 Å². The van der Waals surface area contributed by atoms with Crippen molar-refractivity contribution in [2.45, 2.75) is 19.5 Å². The number of nitriles is 1. The molecule has 1 aliphatic heterocycles. The quantitative estimate of drug-likeness (QED) is 0.470. The second-order valence-corrected chi connectivity index (χ2v) is 8.30. The molecule has 5 rings (SSSR count). The van der Waals surface area contributed by atoms with Crippen molar-refractivity contribution in [3.63, 3.8) is 0 Å². The number of amides is 1. The Kier molecular flexibility index (Phi) is 4.99. The normalized spacial score (nSPS) is 15.3. The predicted molar refractivity (Wildman–Crippen MR) is 117 cm³/mol. The predicted octanol–water partition coefficient (Wildman–Crippen LogP) is 4.30. The molecule has 0 saturated carbocycles. The Morgan fingerprint density at radius 2 is 1.88 bits per heavy atom. The molecule has 158 valence electrons. The fourth-order valence-electron chi connectivity index (χ4n) is 3.81. The fraction of sp³-hybridized carbons (Fsp3) is 0.174. The minimum atomic E-state index is -0.286. The smallest absolute Gasteiger partial charge is 0.254 e. The van der Waals surface area contributed by atoms with Crippen LogP contribution in [0.25, 0.3) is 22.1 Å². The number of rotatable bonds is 3. The lowest BCUT2D eigenvalue weighted by Gasteiger charge is -2.33. The SMILES string of the molecule is CC1c2nnc(-c3csc(-c4ccc(F)cc4)n3)n2CCN1C(=O)c1ccc(C#N)cc1. The molecule has 0 aliphatic carbocycles. The summed E-state index contributed by atoms with van der Waals surface area (Å²) in [5.74, 6) is 0.961. The van der Waals surface area contributed by atoms with Crippen molar-refractivity contribution in [2.24, 2.45) is 0 Å². The average Bonchev–Trinajstić information content (AvgIpc) is 3.47. The molecule has 1 atom stereocenters. The van der Waals surface area contributed by atoms with E-state index in [-0.39, 0.29) is 17.8 Å². The Balaban J connectivity index is 1.40. The van der Waals surface area contributed by atoms with Crippen LogP contribution in [0, 0.1) is 17.1 Å². The molecule has 0 spiro atoms. The number of halogens is 1. The van der Waals surface area contributed by atoms with Gasteiger partial charge in [-0.05, 0) is 55.5 Å². The van der Waals surface area contributed by atoms with Gasteiger partial charge in [0, 0.05) is 29.6 Å². The summed E-state index contributed by atoms with van der Waals surface area (Å²) in [5.41, 5.74) is 2.59. The summed E-state index contributed by atoms with van der Waals surface area (Å²) in [6, 6.07) is 14.7. The molecule has 32 heavy (non-hydrogen) atoms. The highest BCUT2D eigenvalue weighted by molar-refractivity contribution is 7.13. The lowest BCUT2D eigenvalue weighted by molar-refractivity contribution is 0.0638. The van der Waals surface area contributed by atoms with Gasteiger partial charge in [0.15, 0.2) is 11.6 Å². The van der Waals surface area contributed by atoms with Crippen LogP contribution in [0.3, 0.4) is 0 Å². The monoisotopic (exact) mass is 444 g/mol. The fourth-order valence-corrected chi connectivity index (χ4v) is 4.61. The van der Waals surface area contributed by atoms with Crippen LogP contribution < -0.4 is 0 Å². The molecule has 4 aromatic rings. The maximum atomic E-state index is 13.2. The van der Waals surface area contributed by atoms with Crippen LogP contribution in [-0.4, -0.2) is 37.1 Å². The van der Waals surface area contributed by atoms with Crippen molar-refractivity contribution >= 4 is 17.2 Å². The topological polar surface area (TPSA) is 87.7 Å². The van der Waals surface area contributed by atoms with Crippen LogP contribution >= 0.6 is 11.3 Å². The van der Waals surface area contributed by atoms with E-state index in [0.717, 1.165) is 10.6 Å². The summed E-state index contributed by atoms with van der Waals surface area (Å²) in [6.45, 7) is 2.98. The molecule has 9 heteroatoms. The zero-order valence-corrected chi connectivity index (χ0v) is 17.9. The largest absolute Gasteiger partial charge is 0.327 e. The van der Waals surface area contributed by atoms with E-state index >= 15 is 0 Å². The van der Waals surface area contributed by atoms with Gasteiger partial charge in [0.2, 0.25) is 0 Å². The van der Waals surface area contributed by atoms with Gasteiger partial charge in [0.05, 0.1) is 17.7 Å². The van der Waals surface area contributed by atoms with E-state index in [1.54, 1.807) is 41.3 Å². The third-order valence-electron chi connectivity index (χ3n) is 5.53. The van der Waals surface area contributed by atoms with Gasteiger partial charge in [-0.3, -0.25) is 4.79 Å². The molecular formula is C23H17FN6OS. The molecule has 0 saturated heterocycles. The average molecular weight is 444 g/mol. The van der Waals surface area contributed by atoms with E-state index in [1.807, 2.05) is 16.9 Å². The number of hydrogen-bond donors (Lipinski definition) is 0. The van der Waals surface area contributed by atoms with Gasteiger partial charge in [0.25, 0.3) is 5.91 Å². The number of carbonyl (C=O) groups is 1. The van der Waals surface area contributed by atoms with Crippen molar-refractivity contribution < 1.29 is 9.18 Å². The van der Waals surface area contributed by atoms with E-state index in [1.165, 1.54) is 23.5 Å². The standard InChI is InChI=1S/C23H17FN6OS/c1-14-20-27-28-21(19-13-32-22(26-19)16-6-8-18(24)9-7-16)30(20)11-10-29(14)23(31)17-4-2-15(12-25)3-5-17/h2-9,13-14H,10-11H2,1H3. The van der Waals surface area contributed by atoms with Crippen molar-refractivity contribution in [3.05, 3.63) is 76.7 Å². The summed E-state index contributed by atoms with van der Waals surface area (Å²) in [5, 5.41) is 20.4. The van der Waals surface area contributed by atoms with Crippen LogP contribution in [0.15, 0.2) is 53.9 Å². The lowest BCUT2D eigenvalue weighted by atomic mass is 10.1. The number of carbonyl (C=O) groups excluding carboxylic acids is 1. The molecule has 1 unspecified atom stereocenters. The molecule has 0 radical (unpaired) electrons. The molecule has 7 nitrogen and oxygen atoms in total. The molecule has 3 heterocycles. The number of thiazole rings is 1. The maximum absolute atomic E-state index is 13.2. The third kappa shape index (κ3) is 3.44. The lowest BCUT2D eigenvalue weighted by Crippen LogP contribution is -2.41. The van der Waals surface area contributed by atoms with Gasteiger partial charge >= 0.3 is 0 Å².